The van der Waals surface area contributed by atoms with Crippen LogP contribution in [0.15, 0.2) is 35.5 Å². The van der Waals surface area contributed by atoms with Crippen molar-refractivity contribution in [2.75, 3.05) is 24.7 Å². The van der Waals surface area contributed by atoms with Gasteiger partial charge in [0.1, 0.15) is 12.4 Å². The first-order valence-corrected chi connectivity index (χ1v) is 6.08. The lowest BCUT2D eigenvalue weighted by Crippen LogP contribution is -2.36. The van der Waals surface area contributed by atoms with Crippen molar-refractivity contribution in [3.05, 3.63) is 30.3 Å². The highest BCUT2D eigenvalue weighted by Crippen LogP contribution is 2.14. The number of rotatable bonds is 7. The van der Waals surface area contributed by atoms with Gasteiger partial charge in [0.2, 0.25) is 0 Å². The summed E-state index contributed by atoms with van der Waals surface area (Å²) in [6.07, 6.45) is 0.295. The summed E-state index contributed by atoms with van der Waals surface area (Å²) in [5.74, 6) is -0.0658. The van der Waals surface area contributed by atoms with E-state index in [4.69, 9.17) is 15.7 Å². The molecule has 0 fully saturated rings. The van der Waals surface area contributed by atoms with Gasteiger partial charge < -0.3 is 20.6 Å². The summed E-state index contributed by atoms with van der Waals surface area (Å²) in [5, 5.41) is 11.4. The Kier molecular flexibility index (Phi) is 6.38. The maximum atomic E-state index is 12.1. The number of ether oxygens (including phenoxy) is 1. The Hall–Kier alpha value is -2.08. The Balaban J connectivity index is 2.76. The summed E-state index contributed by atoms with van der Waals surface area (Å²) >= 11 is 0. The molecule has 6 heteroatoms. The van der Waals surface area contributed by atoms with Gasteiger partial charge in [0.05, 0.1) is 0 Å². The van der Waals surface area contributed by atoms with Crippen LogP contribution < -0.4 is 10.6 Å². The lowest BCUT2D eigenvalue weighted by Gasteiger charge is -2.22. The molecule has 0 radical (unpaired) electrons. The molecule has 1 amide bonds. The highest BCUT2D eigenvalue weighted by molar-refractivity contribution is 5.95. The van der Waals surface area contributed by atoms with Gasteiger partial charge in [-0.05, 0) is 19.1 Å². The van der Waals surface area contributed by atoms with Crippen molar-refractivity contribution in [3.63, 3.8) is 0 Å². The number of amides is 1. The van der Waals surface area contributed by atoms with Crippen LogP contribution in [-0.2, 0) is 9.53 Å². The minimum absolute atomic E-state index is 0.0154. The van der Waals surface area contributed by atoms with E-state index in [0.717, 1.165) is 5.69 Å². The van der Waals surface area contributed by atoms with E-state index in [9.17, 15) is 4.79 Å². The lowest BCUT2D eigenvalue weighted by atomic mass is 10.2. The second-order valence-corrected chi connectivity index (χ2v) is 3.86. The third-order valence-corrected chi connectivity index (χ3v) is 2.52. The fourth-order valence-electron chi connectivity index (χ4n) is 1.55. The first kappa shape index (κ1) is 15.0. The summed E-state index contributed by atoms with van der Waals surface area (Å²) in [4.78, 5) is 13.6. The van der Waals surface area contributed by atoms with E-state index in [2.05, 4.69) is 5.16 Å². The number of oxime groups is 1. The van der Waals surface area contributed by atoms with Gasteiger partial charge in [-0.2, -0.15) is 0 Å². The Morgan fingerprint density at radius 3 is 2.68 bits per heavy atom. The average Bonchev–Trinajstić information content (AvgIpc) is 2.46. The highest BCUT2D eigenvalue weighted by Gasteiger charge is 2.15. The maximum Gasteiger partial charge on any atom is 0.252 e. The van der Waals surface area contributed by atoms with Gasteiger partial charge in [-0.15, -0.1) is 0 Å². The van der Waals surface area contributed by atoms with Crippen molar-refractivity contribution in [1.82, 2.24) is 0 Å². The first-order chi connectivity index (χ1) is 9.19. The van der Waals surface area contributed by atoms with Crippen LogP contribution in [0, 0.1) is 0 Å². The second-order valence-electron chi connectivity index (χ2n) is 3.86. The van der Waals surface area contributed by atoms with Crippen LogP contribution in [0.25, 0.3) is 0 Å². The number of hydrogen-bond acceptors (Lipinski definition) is 4. The van der Waals surface area contributed by atoms with Crippen molar-refractivity contribution in [1.29, 1.82) is 0 Å². The summed E-state index contributed by atoms with van der Waals surface area (Å²) in [6.45, 7) is 2.67. The Labute approximate surface area is 112 Å². The van der Waals surface area contributed by atoms with Crippen LogP contribution in [0.3, 0.4) is 0 Å². The predicted molar refractivity (Wildman–Crippen MR) is 73.3 cm³/mol. The van der Waals surface area contributed by atoms with Crippen LogP contribution in [0.5, 0.6) is 0 Å². The van der Waals surface area contributed by atoms with E-state index in [1.807, 2.05) is 37.3 Å². The van der Waals surface area contributed by atoms with E-state index in [0.29, 0.717) is 19.6 Å². The zero-order valence-electron chi connectivity index (χ0n) is 11.0. The van der Waals surface area contributed by atoms with E-state index in [1.165, 1.54) is 0 Å². The maximum absolute atomic E-state index is 12.1. The molecule has 0 bridgehead atoms. The highest BCUT2D eigenvalue weighted by atomic mass is 16.5. The molecule has 0 aliphatic carbocycles. The van der Waals surface area contributed by atoms with Crippen molar-refractivity contribution in [2.45, 2.75) is 13.3 Å². The fourth-order valence-corrected chi connectivity index (χ4v) is 1.55. The normalized spacial score (nSPS) is 11.3. The average molecular weight is 265 g/mol. The van der Waals surface area contributed by atoms with Crippen LogP contribution in [-0.4, -0.2) is 36.7 Å². The molecule has 19 heavy (non-hydrogen) atoms. The Bertz CT molecular complexity index is 420. The van der Waals surface area contributed by atoms with E-state index in [-0.39, 0.29) is 18.3 Å². The molecule has 0 aliphatic heterocycles. The fraction of sp³-hybridized carbons (Fsp3) is 0.385. The number of benzene rings is 1. The number of nitrogens with zero attached hydrogens (tertiary/aromatic N) is 2. The molecule has 0 saturated heterocycles. The molecule has 0 aliphatic rings. The van der Waals surface area contributed by atoms with Crippen molar-refractivity contribution in [3.8, 4) is 0 Å². The van der Waals surface area contributed by atoms with E-state index in [1.54, 1.807) is 4.90 Å². The Morgan fingerprint density at radius 1 is 1.42 bits per heavy atom. The van der Waals surface area contributed by atoms with Gasteiger partial charge in [-0.25, -0.2) is 0 Å². The molecule has 0 aromatic heterocycles. The number of carbonyl (C=O) groups excluding carboxylic acids is 1. The molecular formula is C13H19N3O3. The molecule has 1 aromatic carbocycles. The van der Waals surface area contributed by atoms with Gasteiger partial charge in [0, 0.05) is 25.3 Å². The van der Waals surface area contributed by atoms with Gasteiger partial charge in [0.15, 0.2) is 0 Å². The van der Waals surface area contributed by atoms with Crippen molar-refractivity contribution < 1.29 is 14.7 Å². The number of para-hydroxylation sites is 1. The lowest BCUT2D eigenvalue weighted by molar-refractivity contribution is -0.122. The molecule has 0 saturated carbocycles. The van der Waals surface area contributed by atoms with E-state index >= 15 is 0 Å². The Morgan fingerprint density at radius 2 is 2.11 bits per heavy atom. The zero-order chi connectivity index (χ0) is 14.1. The summed E-state index contributed by atoms with van der Waals surface area (Å²) < 4.78 is 5.13. The molecule has 104 valence electrons. The third kappa shape index (κ3) is 4.97. The number of amidine groups is 1. The summed E-state index contributed by atoms with van der Waals surface area (Å²) in [5.41, 5.74) is 6.19. The van der Waals surface area contributed by atoms with Gasteiger partial charge >= 0.3 is 0 Å². The monoisotopic (exact) mass is 265 g/mol. The van der Waals surface area contributed by atoms with Crippen molar-refractivity contribution >= 4 is 17.4 Å². The van der Waals surface area contributed by atoms with Gasteiger partial charge in [-0.3, -0.25) is 4.79 Å². The summed E-state index contributed by atoms with van der Waals surface area (Å²) in [6, 6.07) is 9.23. The predicted octanol–water partition coefficient (Wildman–Crippen LogP) is 1.19. The topological polar surface area (TPSA) is 88.2 Å². The van der Waals surface area contributed by atoms with Crippen LogP contribution in [0.1, 0.15) is 13.3 Å². The van der Waals surface area contributed by atoms with Crippen LogP contribution in [0.2, 0.25) is 0 Å². The smallest absolute Gasteiger partial charge is 0.252 e. The molecule has 6 nitrogen and oxygen atoms in total. The third-order valence-electron chi connectivity index (χ3n) is 2.52. The molecule has 0 unspecified atom stereocenters. The van der Waals surface area contributed by atoms with Crippen LogP contribution in [0.4, 0.5) is 5.69 Å². The molecular weight excluding hydrogens is 246 g/mol. The first-order valence-electron chi connectivity index (χ1n) is 6.08. The molecule has 1 rings (SSSR count). The second kappa shape index (κ2) is 8.10. The zero-order valence-corrected chi connectivity index (χ0v) is 11.0. The standard InChI is InChI=1S/C13H19N3O3/c1-2-19-10-13(17)16(9-8-12(14)15-18)11-6-4-3-5-7-11/h3-7,18H,2,8-10H2,1H3,(H2,14,15). The minimum atomic E-state index is -0.154. The molecule has 0 spiro atoms. The largest absolute Gasteiger partial charge is 0.409 e. The molecule has 0 atom stereocenters. The number of anilines is 1. The molecule has 1 aromatic rings. The summed E-state index contributed by atoms with van der Waals surface area (Å²) in [7, 11) is 0. The van der Waals surface area contributed by atoms with Gasteiger partial charge in [-0.1, -0.05) is 23.4 Å². The number of hydrogen-bond donors (Lipinski definition) is 2. The number of carbonyl (C=O) groups is 1. The van der Waals surface area contributed by atoms with Crippen LogP contribution >= 0.6 is 0 Å². The van der Waals surface area contributed by atoms with Crippen molar-refractivity contribution in [2.24, 2.45) is 10.9 Å². The molecule has 0 heterocycles. The van der Waals surface area contributed by atoms with Gasteiger partial charge in [0.25, 0.3) is 5.91 Å². The molecule has 3 N–H and O–H groups in total. The minimum Gasteiger partial charge on any atom is -0.409 e. The quantitative estimate of drug-likeness (QED) is 0.335. The number of nitrogens with two attached hydrogens (primary N) is 1. The SMILES string of the molecule is CCOCC(=O)N(CC/C(N)=N/O)c1ccccc1. The van der Waals surface area contributed by atoms with E-state index < -0.39 is 0 Å².